The monoisotopic (exact) mass is 384 g/mol. The normalized spacial score (nSPS) is 15.3. The van der Waals surface area contributed by atoms with Gasteiger partial charge in [-0.3, -0.25) is 4.79 Å². The number of benzene rings is 1. The van der Waals surface area contributed by atoms with Gasteiger partial charge in [-0.2, -0.15) is 0 Å². The van der Waals surface area contributed by atoms with Crippen LogP contribution in [0.25, 0.3) is 0 Å². The summed E-state index contributed by atoms with van der Waals surface area (Å²) in [5.74, 6) is -1.08. The van der Waals surface area contributed by atoms with Gasteiger partial charge in [0.15, 0.2) is 17.2 Å². The molecule has 1 aromatic carbocycles. The molecule has 1 heterocycles. The van der Waals surface area contributed by atoms with Gasteiger partial charge < -0.3 is 19.7 Å². The molecule has 2 aromatic rings. The van der Waals surface area contributed by atoms with Gasteiger partial charge in [0.1, 0.15) is 12.1 Å². The van der Waals surface area contributed by atoms with Gasteiger partial charge in [-0.25, -0.2) is 4.79 Å². The molecule has 132 valence electrons. The Morgan fingerprint density at radius 1 is 1.32 bits per heavy atom. The minimum atomic E-state index is -1.21. The zero-order chi connectivity index (χ0) is 18.0. The summed E-state index contributed by atoms with van der Waals surface area (Å²) in [5, 5.41) is 16.1. The number of rotatable bonds is 6. The van der Waals surface area contributed by atoms with E-state index < -0.39 is 17.4 Å². The van der Waals surface area contributed by atoms with E-state index in [1.54, 1.807) is 18.2 Å². The molecule has 25 heavy (non-hydrogen) atoms. The van der Waals surface area contributed by atoms with Crippen LogP contribution < -0.4 is 10.1 Å². The topological polar surface area (TPSA) is 102 Å². The molecule has 0 spiro atoms. The van der Waals surface area contributed by atoms with E-state index in [0.717, 1.165) is 6.42 Å². The molecule has 1 saturated carbocycles. The van der Waals surface area contributed by atoms with E-state index in [4.69, 9.17) is 32.5 Å². The van der Waals surface area contributed by atoms with Crippen molar-refractivity contribution in [2.45, 2.75) is 31.4 Å². The molecular formula is C16H14Cl2N2O5. The van der Waals surface area contributed by atoms with Crippen molar-refractivity contribution in [1.82, 2.24) is 10.5 Å². The van der Waals surface area contributed by atoms with E-state index in [1.165, 1.54) is 6.07 Å². The highest BCUT2D eigenvalue weighted by Crippen LogP contribution is 2.33. The summed E-state index contributed by atoms with van der Waals surface area (Å²) in [6, 6.07) is 6.33. The second-order valence-corrected chi connectivity index (χ2v) is 6.53. The molecule has 0 bridgehead atoms. The van der Waals surface area contributed by atoms with Crippen molar-refractivity contribution < 1.29 is 24.0 Å². The van der Waals surface area contributed by atoms with Crippen LogP contribution in [0.5, 0.6) is 5.75 Å². The number of ether oxygens (including phenoxy) is 1. The molecule has 0 saturated heterocycles. The zero-order valence-corrected chi connectivity index (χ0v) is 14.4. The lowest BCUT2D eigenvalue weighted by molar-refractivity contribution is -0.148. The molecule has 0 unspecified atom stereocenters. The third-order valence-corrected chi connectivity index (χ3v) is 4.63. The fourth-order valence-electron chi connectivity index (χ4n) is 2.46. The van der Waals surface area contributed by atoms with Gasteiger partial charge in [0.05, 0.1) is 10.0 Å². The first-order valence-corrected chi connectivity index (χ1v) is 8.25. The number of halogens is 2. The molecule has 3 rings (SSSR count). The molecule has 9 heteroatoms. The summed E-state index contributed by atoms with van der Waals surface area (Å²) in [6.45, 7) is -0.0339. The molecule has 0 atom stereocenters. The number of carbonyl (C=O) groups is 2. The van der Waals surface area contributed by atoms with Crippen LogP contribution in [0.4, 0.5) is 0 Å². The molecule has 1 aliphatic carbocycles. The van der Waals surface area contributed by atoms with Crippen LogP contribution >= 0.6 is 23.2 Å². The number of hydrogen-bond donors (Lipinski definition) is 2. The van der Waals surface area contributed by atoms with Gasteiger partial charge >= 0.3 is 5.97 Å². The number of carbonyl (C=O) groups excluding carboxylic acids is 1. The van der Waals surface area contributed by atoms with Gasteiger partial charge in [0.2, 0.25) is 0 Å². The van der Waals surface area contributed by atoms with Crippen molar-refractivity contribution in [3.05, 3.63) is 45.8 Å². The Morgan fingerprint density at radius 3 is 2.56 bits per heavy atom. The third kappa shape index (κ3) is 3.57. The number of aromatic nitrogens is 1. The first-order valence-electron chi connectivity index (χ1n) is 7.49. The highest BCUT2D eigenvalue weighted by Gasteiger charge is 2.46. The van der Waals surface area contributed by atoms with Crippen molar-refractivity contribution in [3.8, 4) is 5.75 Å². The van der Waals surface area contributed by atoms with Crippen LogP contribution in [0.3, 0.4) is 0 Å². The van der Waals surface area contributed by atoms with Crippen molar-refractivity contribution in [3.63, 3.8) is 0 Å². The third-order valence-electron chi connectivity index (χ3n) is 4.04. The fraction of sp³-hybridized carbons (Fsp3) is 0.312. The second kappa shape index (κ2) is 6.93. The maximum absolute atomic E-state index is 12.2. The number of aliphatic carboxylic acids is 1. The Balaban J connectivity index is 1.64. The largest absolute Gasteiger partial charge is 0.482 e. The van der Waals surface area contributed by atoms with Crippen molar-refractivity contribution in [1.29, 1.82) is 0 Å². The standard InChI is InChI=1S/C16H14Cl2N2O5/c17-10-3-1-4-11(18)13(10)24-8-9-7-12(20-25-9)14(21)19-16(15(22)23)5-2-6-16/h1,3-4,7H,2,5-6,8H2,(H,19,21)(H,22,23). The van der Waals surface area contributed by atoms with Gasteiger partial charge in [-0.1, -0.05) is 34.4 Å². The number of amides is 1. The van der Waals surface area contributed by atoms with E-state index in [2.05, 4.69) is 10.5 Å². The average molecular weight is 385 g/mol. The summed E-state index contributed by atoms with van der Waals surface area (Å²) < 4.78 is 10.5. The first-order chi connectivity index (χ1) is 11.9. The van der Waals surface area contributed by atoms with E-state index in [-0.39, 0.29) is 18.1 Å². The van der Waals surface area contributed by atoms with Crippen molar-refractivity contribution >= 4 is 35.1 Å². The lowest BCUT2D eigenvalue weighted by Gasteiger charge is -2.37. The molecular weight excluding hydrogens is 371 g/mol. The lowest BCUT2D eigenvalue weighted by Crippen LogP contribution is -2.59. The predicted octanol–water partition coefficient (Wildman–Crippen LogP) is 3.30. The van der Waals surface area contributed by atoms with Crippen LogP contribution in [-0.4, -0.2) is 27.7 Å². The maximum atomic E-state index is 12.2. The molecule has 2 N–H and O–H groups in total. The number of nitrogens with one attached hydrogen (secondary N) is 1. The summed E-state index contributed by atoms with van der Waals surface area (Å²) in [4.78, 5) is 23.5. The second-order valence-electron chi connectivity index (χ2n) is 5.71. The minimum absolute atomic E-state index is 0.0172. The summed E-state index contributed by atoms with van der Waals surface area (Å²) >= 11 is 12.0. The zero-order valence-electron chi connectivity index (χ0n) is 12.9. The first kappa shape index (κ1) is 17.6. The Labute approximate surface area is 152 Å². The summed E-state index contributed by atoms with van der Waals surface area (Å²) in [6.07, 6.45) is 1.54. The molecule has 1 fully saturated rings. The van der Waals surface area contributed by atoms with E-state index in [0.29, 0.717) is 28.6 Å². The molecule has 0 aliphatic heterocycles. The van der Waals surface area contributed by atoms with Crippen LogP contribution in [-0.2, 0) is 11.4 Å². The fourth-order valence-corrected chi connectivity index (χ4v) is 2.96. The predicted molar refractivity (Wildman–Crippen MR) is 89.0 cm³/mol. The number of carboxylic acids is 1. The highest BCUT2D eigenvalue weighted by molar-refractivity contribution is 6.37. The van der Waals surface area contributed by atoms with Crippen LogP contribution in [0.15, 0.2) is 28.8 Å². The van der Waals surface area contributed by atoms with Crippen LogP contribution in [0, 0.1) is 0 Å². The maximum Gasteiger partial charge on any atom is 0.329 e. The van der Waals surface area contributed by atoms with Crippen molar-refractivity contribution in [2.24, 2.45) is 0 Å². The Hall–Kier alpha value is -2.25. The van der Waals surface area contributed by atoms with Gasteiger partial charge in [0.25, 0.3) is 5.91 Å². The number of hydrogen-bond acceptors (Lipinski definition) is 5. The number of carboxylic acid groups (broad SMARTS) is 1. The molecule has 1 aromatic heterocycles. The smallest absolute Gasteiger partial charge is 0.329 e. The Bertz CT molecular complexity index is 796. The summed E-state index contributed by atoms with van der Waals surface area (Å²) in [7, 11) is 0. The van der Waals surface area contributed by atoms with Gasteiger partial charge in [-0.05, 0) is 31.4 Å². The van der Waals surface area contributed by atoms with E-state index in [1.807, 2.05) is 0 Å². The molecule has 1 aliphatic rings. The highest BCUT2D eigenvalue weighted by atomic mass is 35.5. The Morgan fingerprint density at radius 2 is 2.00 bits per heavy atom. The quantitative estimate of drug-likeness (QED) is 0.791. The molecule has 0 radical (unpaired) electrons. The molecule has 1 amide bonds. The molecule has 7 nitrogen and oxygen atoms in total. The van der Waals surface area contributed by atoms with Gasteiger partial charge in [-0.15, -0.1) is 0 Å². The van der Waals surface area contributed by atoms with E-state index >= 15 is 0 Å². The van der Waals surface area contributed by atoms with Crippen molar-refractivity contribution in [2.75, 3.05) is 0 Å². The lowest BCUT2D eigenvalue weighted by atomic mass is 9.76. The van der Waals surface area contributed by atoms with Gasteiger partial charge in [0, 0.05) is 6.07 Å². The SMILES string of the molecule is O=C(NC1(C(=O)O)CCC1)c1cc(COc2c(Cl)cccc2Cl)on1. The average Bonchev–Trinajstić information content (AvgIpc) is 2.99. The van der Waals surface area contributed by atoms with Crippen LogP contribution in [0.1, 0.15) is 35.5 Å². The number of nitrogens with zero attached hydrogens (tertiary/aromatic N) is 1. The summed E-state index contributed by atoms with van der Waals surface area (Å²) in [5.41, 5.74) is -1.23. The Kier molecular flexibility index (Phi) is 4.87. The van der Waals surface area contributed by atoms with E-state index in [9.17, 15) is 14.7 Å². The van der Waals surface area contributed by atoms with Crippen LogP contribution in [0.2, 0.25) is 10.0 Å². The number of para-hydroxylation sites is 1. The minimum Gasteiger partial charge on any atom is -0.482 e.